The van der Waals surface area contributed by atoms with Gasteiger partial charge >= 0.3 is 0 Å². The van der Waals surface area contributed by atoms with Crippen molar-refractivity contribution >= 4 is 16.5 Å². The second kappa shape index (κ2) is 4.98. The molecule has 0 amide bonds. The summed E-state index contributed by atoms with van der Waals surface area (Å²) in [4.78, 5) is 4.92. The molecule has 3 nitrogen and oxygen atoms in total. The van der Waals surface area contributed by atoms with Gasteiger partial charge in [0.15, 0.2) is 5.13 Å². The van der Waals surface area contributed by atoms with E-state index in [-0.39, 0.29) is 11.7 Å². The number of halogens is 1. The maximum Gasteiger partial charge on any atom is 0.232 e. The molecule has 2 aliphatic rings. The van der Waals surface area contributed by atoms with Crippen LogP contribution in [0.15, 0.2) is 24.3 Å². The van der Waals surface area contributed by atoms with Crippen LogP contribution in [0.4, 0.5) is 9.52 Å². The van der Waals surface area contributed by atoms with Crippen molar-refractivity contribution in [3.05, 3.63) is 30.1 Å². The molecule has 1 aromatic carbocycles. The first-order valence-electron chi connectivity index (χ1n) is 7.41. The molecule has 0 spiro atoms. The van der Waals surface area contributed by atoms with Crippen LogP contribution in [-0.4, -0.2) is 16.1 Å². The molecule has 2 aromatic rings. The maximum absolute atomic E-state index is 13.0. The molecule has 2 fully saturated rings. The SMILES string of the molecule is Oc1nc(N[C@H]2C[C@@H]3CC[C@H]2C3)sc1-c1ccc(F)cc1. The number of hydrogen-bond acceptors (Lipinski definition) is 4. The van der Waals surface area contributed by atoms with Crippen molar-refractivity contribution in [1.82, 2.24) is 4.98 Å². The van der Waals surface area contributed by atoms with E-state index in [2.05, 4.69) is 10.3 Å². The third-order valence-electron chi connectivity index (χ3n) is 4.76. The van der Waals surface area contributed by atoms with E-state index >= 15 is 0 Å². The molecule has 5 heteroatoms. The summed E-state index contributed by atoms with van der Waals surface area (Å²) < 4.78 is 13.0. The lowest BCUT2D eigenvalue weighted by molar-refractivity contribution is 0.437. The van der Waals surface area contributed by atoms with Crippen molar-refractivity contribution in [1.29, 1.82) is 0 Å². The lowest BCUT2D eigenvalue weighted by atomic mass is 9.96. The number of aromatic nitrogens is 1. The first-order valence-corrected chi connectivity index (χ1v) is 8.23. The van der Waals surface area contributed by atoms with Gasteiger partial charge in [0.2, 0.25) is 5.88 Å². The normalized spacial score (nSPS) is 27.2. The maximum atomic E-state index is 13.0. The highest BCUT2D eigenvalue weighted by Crippen LogP contribution is 2.46. The summed E-state index contributed by atoms with van der Waals surface area (Å²) in [6, 6.07) is 6.64. The lowest BCUT2D eigenvalue weighted by Gasteiger charge is -2.22. The molecule has 2 bridgehead atoms. The molecule has 21 heavy (non-hydrogen) atoms. The number of aromatic hydroxyl groups is 1. The van der Waals surface area contributed by atoms with Gasteiger partial charge in [-0.3, -0.25) is 0 Å². The molecular weight excluding hydrogens is 287 g/mol. The van der Waals surface area contributed by atoms with E-state index in [4.69, 9.17) is 0 Å². The quantitative estimate of drug-likeness (QED) is 0.890. The van der Waals surface area contributed by atoms with Crippen LogP contribution in [0.3, 0.4) is 0 Å². The van der Waals surface area contributed by atoms with Crippen molar-refractivity contribution in [2.24, 2.45) is 11.8 Å². The lowest BCUT2D eigenvalue weighted by Crippen LogP contribution is -2.25. The predicted molar refractivity (Wildman–Crippen MR) is 82.0 cm³/mol. The molecule has 0 unspecified atom stereocenters. The predicted octanol–water partition coefficient (Wildman–Crippen LogP) is 4.26. The Morgan fingerprint density at radius 2 is 2.00 bits per heavy atom. The molecule has 1 heterocycles. The third-order valence-corrected chi connectivity index (χ3v) is 5.79. The number of nitrogens with one attached hydrogen (secondary N) is 1. The summed E-state index contributed by atoms with van der Waals surface area (Å²) in [6.07, 6.45) is 5.23. The van der Waals surface area contributed by atoms with Gasteiger partial charge in [0.1, 0.15) is 5.82 Å². The van der Waals surface area contributed by atoms with Crippen LogP contribution in [0.2, 0.25) is 0 Å². The first-order chi connectivity index (χ1) is 10.2. The van der Waals surface area contributed by atoms with Crippen molar-refractivity contribution in [2.45, 2.75) is 31.7 Å². The average Bonchev–Trinajstić information content (AvgIpc) is 3.16. The number of hydrogen-bond donors (Lipinski definition) is 2. The molecule has 0 aliphatic heterocycles. The Labute approximate surface area is 126 Å². The summed E-state index contributed by atoms with van der Waals surface area (Å²) in [5.41, 5.74) is 0.799. The molecule has 4 rings (SSSR count). The van der Waals surface area contributed by atoms with Gasteiger partial charge < -0.3 is 10.4 Å². The Morgan fingerprint density at radius 3 is 2.67 bits per heavy atom. The van der Waals surface area contributed by atoms with Crippen LogP contribution in [0.5, 0.6) is 5.88 Å². The minimum absolute atomic E-state index is 0.0252. The zero-order valence-electron chi connectivity index (χ0n) is 11.6. The van der Waals surface area contributed by atoms with Crippen LogP contribution >= 0.6 is 11.3 Å². The number of thiazole rings is 1. The van der Waals surface area contributed by atoms with Crippen molar-refractivity contribution in [3.63, 3.8) is 0 Å². The molecule has 0 saturated heterocycles. The van der Waals surface area contributed by atoms with E-state index in [1.54, 1.807) is 12.1 Å². The third kappa shape index (κ3) is 2.39. The summed E-state index contributed by atoms with van der Waals surface area (Å²) >= 11 is 1.44. The number of benzene rings is 1. The minimum atomic E-state index is -0.275. The Bertz CT molecular complexity index is 655. The van der Waals surface area contributed by atoms with E-state index in [0.29, 0.717) is 10.9 Å². The summed E-state index contributed by atoms with van der Waals surface area (Å²) in [5.74, 6) is 1.38. The number of rotatable bonds is 3. The fourth-order valence-electron chi connectivity index (χ4n) is 3.74. The summed E-state index contributed by atoms with van der Waals surface area (Å²) in [7, 11) is 0. The van der Waals surface area contributed by atoms with E-state index in [9.17, 15) is 9.50 Å². The largest absolute Gasteiger partial charge is 0.492 e. The van der Waals surface area contributed by atoms with Gasteiger partial charge in [-0.15, -0.1) is 0 Å². The van der Waals surface area contributed by atoms with Crippen LogP contribution in [0.25, 0.3) is 10.4 Å². The monoisotopic (exact) mass is 304 g/mol. The molecular formula is C16H17FN2OS. The standard InChI is InChI=1S/C16H17FN2OS/c17-12-5-3-10(4-6-12)14-15(20)19-16(21-14)18-13-8-9-1-2-11(13)7-9/h3-6,9,11,13,20H,1-2,7-8H2,(H,18,19)/t9-,11+,13+/m1/s1. The Morgan fingerprint density at radius 1 is 1.19 bits per heavy atom. The fraction of sp³-hybridized carbons (Fsp3) is 0.438. The van der Waals surface area contributed by atoms with Gasteiger partial charge in [-0.05, 0) is 48.8 Å². The van der Waals surface area contributed by atoms with E-state index < -0.39 is 0 Å². The highest BCUT2D eigenvalue weighted by molar-refractivity contribution is 7.19. The Kier molecular flexibility index (Phi) is 3.10. The van der Waals surface area contributed by atoms with E-state index in [1.807, 2.05) is 0 Å². The fourth-order valence-corrected chi connectivity index (χ4v) is 4.67. The van der Waals surface area contributed by atoms with Crippen molar-refractivity contribution < 1.29 is 9.50 Å². The Balaban J connectivity index is 1.55. The van der Waals surface area contributed by atoms with Gasteiger partial charge in [-0.25, -0.2) is 4.39 Å². The highest BCUT2D eigenvalue weighted by Gasteiger charge is 2.39. The van der Waals surface area contributed by atoms with Crippen molar-refractivity contribution in [3.8, 4) is 16.3 Å². The second-order valence-corrected chi connectivity index (χ2v) is 7.10. The molecule has 110 valence electrons. The molecule has 0 radical (unpaired) electrons. The van der Waals surface area contributed by atoms with Gasteiger partial charge in [0.05, 0.1) is 4.88 Å². The van der Waals surface area contributed by atoms with Gasteiger partial charge in [0.25, 0.3) is 0 Å². The Hall–Kier alpha value is -1.62. The minimum Gasteiger partial charge on any atom is -0.492 e. The number of nitrogens with zero attached hydrogens (tertiary/aromatic N) is 1. The first kappa shape index (κ1) is 13.1. The summed E-state index contributed by atoms with van der Waals surface area (Å²) in [6.45, 7) is 0. The zero-order chi connectivity index (χ0) is 14.4. The zero-order valence-corrected chi connectivity index (χ0v) is 12.4. The molecule has 3 atom stereocenters. The molecule has 2 N–H and O–H groups in total. The van der Waals surface area contributed by atoms with Crippen LogP contribution < -0.4 is 5.32 Å². The second-order valence-electron chi connectivity index (χ2n) is 6.10. The van der Waals surface area contributed by atoms with Crippen LogP contribution in [0, 0.1) is 17.7 Å². The smallest absolute Gasteiger partial charge is 0.232 e. The van der Waals surface area contributed by atoms with E-state index in [0.717, 1.165) is 22.5 Å². The topological polar surface area (TPSA) is 45.2 Å². The molecule has 2 saturated carbocycles. The molecule has 1 aromatic heterocycles. The van der Waals surface area contributed by atoms with Crippen LogP contribution in [-0.2, 0) is 0 Å². The number of fused-ring (bicyclic) bond motifs is 2. The van der Waals surface area contributed by atoms with Gasteiger partial charge in [-0.1, -0.05) is 29.9 Å². The molecule has 2 aliphatic carbocycles. The van der Waals surface area contributed by atoms with E-state index in [1.165, 1.54) is 49.2 Å². The van der Waals surface area contributed by atoms with Gasteiger partial charge in [-0.2, -0.15) is 4.98 Å². The summed E-state index contributed by atoms with van der Waals surface area (Å²) in [5, 5.41) is 14.3. The average molecular weight is 304 g/mol. The highest BCUT2D eigenvalue weighted by atomic mass is 32.1. The van der Waals surface area contributed by atoms with Crippen LogP contribution in [0.1, 0.15) is 25.7 Å². The van der Waals surface area contributed by atoms with Gasteiger partial charge in [0, 0.05) is 6.04 Å². The number of anilines is 1. The van der Waals surface area contributed by atoms with Crippen molar-refractivity contribution in [2.75, 3.05) is 5.32 Å².